The van der Waals surface area contributed by atoms with Crippen LogP contribution in [0.15, 0.2) is 36.5 Å². The van der Waals surface area contributed by atoms with Crippen molar-refractivity contribution in [3.8, 4) is 11.8 Å². The molecule has 0 aliphatic rings. The number of allylic oxidation sites excluding steroid dienone is 4. The van der Waals surface area contributed by atoms with E-state index in [-0.39, 0.29) is 6.42 Å². The van der Waals surface area contributed by atoms with Crippen molar-refractivity contribution < 1.29 is 20.1 Å². The Morgan fingerprint density at radius 1 is 0.958 bits per heavy atom. The molecule has 0 aromatic heterocycles. The summed E-state index contributed by atoms with van der Waals surface area (Å²) in [7, 11) is 0. The van der Waals surface area contributed by atoms with Gasteiger partial charge in [0, 0.05) is 19.3 Å². The first-order valence-corrected chi connectivity index (χ1v) is 8.61. The van der Waals surface area contributed by atoms with Gasteiger partial charge in [-0.2, -0.15) is 0 Å². The van der Waals surface area contributed by atoms with Gasteiger partial charge in [-0.05, 0) is 19.3 Å². The predicted octanol–water partition coefficient (Wildman–Crippen LogP) is 3.61. The summed E-state index contributed by atoms with van der Waals surface area (Å²) in [5, 5.41) is 27.8. The number of carboxylic acid groups (broad SMARTS) is 1. The van der Waals surface area contributed by atoms with E-state index in [1.165, 1.54) is 12.8 Å². The number of hydrogen-bond donors (Lipinski definition) is 3. The number of aliphatic carboxylic acids is 1. The van der Waals surface area contributed by atoms with Crippen LogP contribution in [0.5, 0.6) is 0 Å². The maximum atomic E-state index is 10.3. The van der Waals surface area contributed by atoms with Crippen LogP contribution in [0.1, 0.15) is 58.3 Å². The van der Waals surface area contributed by atoms with Gasteiger partial charge in [-0.3, -0.25) is 4.79 Å². The second-order valence-corrected chi connectivity index (χ2v) is 5.59. The summed E-state index contributed by atoms with van der Waals surface area (Å²) in [6.45, 7) is 2.16. The Balaban J connectivity index is 3.85. The summed E-state index contributed by atoms with van der Waals surface area (Å²) < 4.78 is 0. The third-order valence-electron chi connectivity index (χ3n) is 3.23. The topological polar surface area (TPSA) is 77.8 Å². The van der Waals surface area contributed by atoms with E-state index in [0.717, 1.165) is 12.8 Å². The summed E-state index contributed by atoms with van der Waals surface area (Å²) in [5.74, 6) is 5.19. The lowest BCUT2D eigenvalue weighted by molar-refractivity contribution is -0.137. The van der Waals surface area contributed by atoms with E-state index < -0.39 is 18.2 Å². The molecule has 0 rings (SSSR count). The van der Waals surface area contributed by atoms with Crippen molar-refractivity contribution in [2.45, 2.75) is 70.5 Å². The zero-order valence-electron chi connectivity index (χ0n) is 14.5. The van der Waals surface area contributed by atoms with Gasteiger partial charge in [0.25, 0.3) is 0 Å². The zero-order valence-corrected chi connectivity index (χ0v) is 14.5. The van der Waals surface area contributed by atoms with Crippen molar-refractivity contribution in [2.24, 2.45) is 0 Å². The maximum Gasteiger partial charge on any atom is 0.303 e. The van der Waals surface area contributed by atoms with Crippen LogP contribution in [0.3, 0.4) is 0 Å². The van der Waals surface area contributed by atoms with E-state index in [4.69, 9.17) is 5.11 Å². The Morgan fingerprint density at radius 2 is 1.62 bits per heavy atom. The molecule has 0 radical (unpaired) electrons. The Hall–Kier alpha value is -1.83. The lowest BCUT2D eigenvalue weighted by Gasteiger charge is -2.02. The highest BCUT2D eigenvalue weighted by atomic mass is 16.4. The number of hydrogen-bond acceptors (Lipinski definition) is 3. The number of carboxylic acids is 1. The molecule has 0 saturated carbocycles. The molecule has 0 spiro atoms. The van der Waals surface area contributed by atoms with E-state index >= 15 is 0 Å². The quantitative estimate of drug-likeness (QED) is 0.289. The fraction of sp³-hybridized carbons (Fsp3) is 0.550. The van der Waals surface area contributed by atoms with E-state index in [1.807, 2.05) is 0 Å². The van der Waals surface area contributed by atoms with Gasteiger partial charge in [-0.25, -0.2) is 0 Å². The molecule has 0 unspecified atom stereocenters. The second-order valence-electron chi connectivity index (χ2n) is 5.59. The standard InChI is InChI=1S/C20H30O4/c1-2-3-4-5-6-9-13-18(21)14-10-7-8-11-15-19(22)16-12-17-20(23)24/h7-8,10-11,14-15,18-19,21-22H,2-5,12-13,16-17H2,1H3,(H,23,24)/b8-7+,14-10?,15-11+/t18-,19-/m1/s1. The Kier molecular flexibility index (Phi) is 14.8. The van der Waals surface area contributed by atoms with E-state index in [0.29, 0.717) is 19.3 Å². The fourth-order valence-electron chi connectivity index (χ4n) is 1.87. The molecule has 0 amide bonds. The molecule has 0 aromatic rings. The second kappa shape index (κ2) is 16.0. The van der Waals surface area contributed by atoms with Crippen molar-refractivity contribution in [1.29, 1.82) is 0 Å². The molecule has 0 saturated heterocycles. The van der Waals surface area contributed by atoms with E-state index in [2.05, 4.69) is 18.8 Å². The van der Waals surface area contributed by atoms with Crippen LogP contribution in [0.4, 0.5) is 0 Å². The zero-order chi connectivity index (χ0) is 18.0. The van der Waals surface area contributed by atoms with Crippen molar-refractivity contribution in [3.63, 3.8) is 0 Å². The molecule has 134 valence electrons. The number of unbranched alkanes of at least 4 members (excludes halogenated alkanes) is 3. The molecule has 0 heterocycles. The first-order chi connectivity index (χ1) is 11.6. The minimum atomic E-state index is -0.847. The van der Waals surface area contributed by atoms with Crippen LogP contribution in [-0.4, -0.2) is 33.5 Å². The highest BCUT2D eigenvalue weighted by Crippen LogP contribution is 2.02. The van der Waals surface area contributed by atoms with Crippen LogP contribution in [0.2, 0.25) is 0 Å². The normalized spacial score (nSPS) is 14.1. The molecular weight excluding hydrogens is 304 g/mol. The van der Waals surface area contributed by atoms with Gasteiger partial charge in [0.15, 0.2) is 0 Å². The molecule has 2 atom stereocenters. The molecule has 4 heteroatoms. The summed E-state index contributed by atoms with van der Waals surface area (Å²) >= 11 is 0. The minimum Gasteiger partial charge on any atom is -0.481 e. The van der Waals surface area contributed by atoms with E-state index in [9.17, 15) is 15.0 Å². The SMILES string of the molecule is CCCCCC#CC[C@@H](O)C=C/C=C/C=C/[C@@H](O)CCCC(=O)O. The molecule has 0 aliphatic carbocycles. The van der Waals surface area contributed by atoms with Gasteiger partial charge >= 0.3 is 5.97 Å². The Labute approximate surface area is 145 Å². The van der Waals surface area contributed by atoms with Gasteiger partial charge in [0.05, 0.1) is 12.2 Å². The molecular formula is C20H30O4. The largest absolute Gasteiger partial charge is 0.481 e. The lowest BCUT2D eigenvalue weighted by Crippen LogP contribution is -2.03. The highest BCUT2D eigenvalue weighted by Gasteiger charge is 2.01. The van der Waals surface area contributed by atoms with Crippen molar-refractivity contribution in [1.82, 2.24) is 0 Å². The van der Waals surface area contributed by atoms with Crippen LogP contribution in [-0.2, 0) is 4.79 Å². The van der Waals surface area contributed by atoms with Gasteiger partial charge < -0.3 is 15.3 Å². The number of carbonyl (C=O) groups is 1. The van der Waals surface area contributed by atoms with E-state index in [1.54, 1.807) is 36.5 Å². The monoisotopic (exact) mass is 334 g/mol. The summed E-state index contributed by atoms with van der Waals surface area (Å²) in [4.78, 5) is 10.3. The highest BCUT2D eigenvalue weighted by molar-refractivity contribution is 5.66. The predicted molar refractivity (Wildman–Crippen MR) is 97.5 cm³/mol. The smallest absolute Gasteiger partial charge is 0.303 e. The first kappa shape index (κ1) is 22.2. The van der Waals surface area contributed by atoms with Gasteiger partial charge in [0.2, 0.25) is 0 Å². The molecule has 4 nitrogen and oxygen atoms in total. The lowest BCUT2D eigenvalue weighted by atomic mass is 10.1. The third kappa shape index (κ3) is 16.5. The number of aliphatic hydroxyl groups is 2. The van der Waals surface area contributed by atoms with Crippen molar-refractivity contribution in [3.05, 3.63) is 36.5 Å². The summed E-state index contributed by atoms with van der Waals surface area (Å²) in [6, 6.07) is 0. The first-order valence-electron chi connectivity index (χ1n) is 8.61. The molecule has 0 fully saturated rings. The summed E-state index contributed by atoms with van der Waals surface area (Å²) in [5.41, 5.74) is 0. The van der Waals surface area contributed by atoms with Crippen LogP contribution >= 0.6 is 0 Å². The molecule has 24 heavy (non-hydrogen) atoms. The fourth-order valence-corrected chi connectivity index (χ4v) is 1.87. The van der Waals surface area contributed by atoms with Gasteiger partial charge in [-0.15, -0.1) is 11.8 Å². The average molecular weight is 334 g/mol. The summed E-state index contributed by atoms with van der Waals surface area (Å²) in [6.07, 6.45) is 14.8. The van der Waals surface area contributed by atoms with Crippen LogP contribution in [0.25, 0.3) is 0 Å². The molecule has 0 aliphatic heterocycles. The van der Waals surface area contributed by atoms with Crippen molar-refractivity contribution in [2.75, 3.05) is 0 Å². The van der Waals surface area contributed by atoms with Crippen LogP contribution < -0.4 is 0 Å². The van der Waals surface area contributed by atoms with Crippen LogP contribution in [0, 0.1) is 11.8 Å². The molecule has 0 bridgehead atoms. The van der Waals surface area contributed by atoms with Gasteiger partial charge in [-0.1, -0.05) is 56.2 Å². The molecule has 3 N–H and O–H groups in total. The van der Waals surface area contributed by atoms with Crippen molar-refractivity contribution >= 4 is 5.97 Å². The maximum absolute atomic E-state index is 10.3. The molecule has 0 aromatic carbocycles. The number of rotatable bonds is 12. The van der Waals surface area contributed by atoms with Gasteiger partial charge in [0.1, 0.15) is 0 Å². The Bertz CT molecular complexity index is 466. The third-order valence-corrected chi connectivity index (χ3v) is 3.23. The Morgan fingerprint density at radius 3 is 2.25 bits per heavy atom. The minimum absolute atomic E-state index is 0.0723. The number of aliphatic hydroxyl groups excluding tert-OH is 2. The average Bonchev–Trinajstić information content (AvgIpc) is 2.53.